The van der Waals surface area contributed by atoms with E-state index in [0.717, 1.165) is 16.8 Å². The Kier molecular flexibility index (Phi) is 4.15. The lowest BCUT2D eigenvalue weighted by Crippen LogP contribution is -2.28. The van der Waals surface area contributed by atoms with Crippen molar-refractivity contribution < 1.29 is 4.42 Å². The van der Waals surface area contributed by atoms with Crippen molar-refractivity contribution in [2.75, 3.05) is 0 Å². The highest BCUT2D eigenvalue weighted by Gasteiger charge is 2.22. The molecular formula is C21H21BN2O2. The molecule has 0 aliphatic rings. The summed E-state index contributed by atoms with van der Waals surface area (Å²) in [6, 6.07) is 17.7. The molecule has 2 aromatic heterocycles. The zero-order valence-corrected chi connectivity index (χ0v) is 15.3. The maximum Gasteiger partial charge on any atom is 0.297 e. The van der Waals surface area contributed by atoms with E-state index in [1.54, 1.807) is 4.57 Å². The van der Waals surface area contributed by atoms with Gasteiger partial charge in [-0.15, -0.1) is 0 Å². The van der Waals surface area contributed by atoms with E-state index < -0.39 is 0 Å². The minimum Gasteiger partial charge on any atom is -0.448 e. The van der Waals surface area contributed by atoms with Crippen LogP contribution in [0.1, 0.15) is 31.1 Å². The van der Waals surface area contributed by atoms with Gasteiger partial charge in [-0.25, -0.2) is 4.98 Å². The number of para-hydroxylation sites is 1. The van der Waals surface area contributed by atoms with Gasteiger partial charge in [-0.05, 0) is 29.4 Å². The molecule has 2 aromatic carbocycles. The second-order valence-electron chi connectivity index (χ2n) is 7.16. The molecule has 26 heavy (non-hydrogen) atoms. The van der Waals surface area contributed by atoms with Gasteiger partial charge in [-0.2, -0.15) is 0 Å². The van der Waals surface area contributed by atoms with E-state index in [-0.39, 0.29) is 11.4 Å². The van der Waals surface area contributed by atoms with Crippen LogP contribution in [0.4, 0.5) is 0 Å². The van der Waals surface area contributed by atoms with Crippen LogP contribution in [0, 0.1) is 5.92 Å². The first kappa shape index (κ1) is 16.6. The quantitative estimate of drug-likeness (QED) is 0.532. The van der Waals surface area contributed by atoms with Gasteiger partial charge in [-0.3, -0.25) is 9.36 Å². The number of furan rings is 1. The maximum atomic E-state index is 13.3. The largest absolute Gasteiger partial charge is 0.448 e. The Bertz CT molecular complexity index is 1130. The van der Waals surface area contributed by atoms with Crippen molar-refractivity contribution in [3.05, 3.63) is 76.3 Å². The molecule has 0 saturated heterocycles. The predicted octanol–water partition coefficient (Wildman–Crippen LogP) is 3.52. The normalized spacial score (nSPS) is 12.9. The van der Waals surface area contributed by atoms with Gasteiger partial charge in [0.25, 0.3) is 5.56 Å². The van der Waals surface area contributed by atoms with Crippen LogP contribution in [0.5, 0.6) is 0 Å². The van der Waals surface area contributed by atoms with Gasteiger partial charge in [-0.1, -0.05) is 56.3 Å². The van der Waals surface area contributed by atoms with E-state index in [4.69, 9.17) is 9.40 Å². The Hall–Kier alpha value is -2.82. The van der Waals surface area contributed by atoms with Gasteiger partial charge >= 0.3 is 0 Å². The average Bonchev–Trinajstić information content (AvgIpc) is 3.03. The summed E-state index contributed by atoms with van der Waals surface area (Å²) < 4.78 is 7.63. The molecule has 1 atom stereocenters. The fourth-order valence-electron chi connectivity index (χ4n) is 3.25. The molecule has 0 spiro atoms. The lowest BCUT2D eigenvalue weighted by molar-refractivity contribution is 0.548. The fourth-order valence-corrected chi connectivity index (χ4v) is 3.25. The highest BCUT2D eigenvalue weighted by atomic mass is 16.3. The van der Waals surface area contributed by atoms with Crippen molar-refractivity contribution in [2.45, 2.75) is 26.2 Å². The third-order valence-corrected chi connectivity index (χ3v) is 5.10. The minimum atomic E-state index is -0.113. The summed E-state index contributed by atoms with van der Waals surface area (Å²) in [5, 5.41) is 0.892. The van der Waals surface area contributed by atoms with Crippen molar-refractivity contribution in [3.63, 3.8) is 0 Å². The highest BCUT2D eigenvalue weighted by molar-refractivity contribution is 6.12. The molecule has 0 aliphatic carbocycles. The molecule has 0 saturated carbocycles. The maximum absolute atomic E-state index is 13.3. The first-order valence-corrected chi connectivity index (χ1v) is 9.02. The molecule has 5 heteroatoms. The van der Waals surface area contributed by atoms with E-state index in [0.29, 0.717) is 29.1 Å². The lowest BCUT2D eigenvalue weighted by atomic mass is 9.77. The van der Waals surface area contributed by atoms with Crippen molar-refractivity contribution in [2.24, 2.45) is 5.92 Å². The first-order valence-electron chi connectivity index (χ1n) is 9.02. The molecule has 0 radical (unpaired) electrons. The molecule has 4 aromatic rings. The van der Waals surface area contributed by atoms with E-state index in [1.165, 1.54) is 0 Å². The van der Waals surface area contributed by atoms with Crippen LogP contribution >= 0.6 is 0 Å². The number of nitrogens with zero attached hydrogens (tertiary/aromatic N) is 2. The molecule has 2 heterocycles. The molecule has 0 bridgehead atoms. The Morgan fingerprint density at radius 2 is 1.77 bits per heavy atom. The van der Waals surface area contributed by atoms with Crippen LogP contribution in [0.3, 0.4) is 0 Å². The third-order valence-electron chi connectivity index (χ3n) is 5.10. The molecule has 0 N–H and O–H groups in total. The third kappa shape index (κ3) is 2.73. The molecule has 1 unspecified atom stereocenters. The summed E-state index contributed by atoms with van der Waals surface area (Å²) in [4.78, 5) is 18.2. The van der Waals surface area contributed by atoms with Gasteiger partial charge in [0.15, 0.2) is 0 Å². The van der Waals surface area contributed by atoms with E-state index in [2.05, 4.69) is 21.7 Å². The highest BCUT2D eigenvalue weighted by Crippen LogP contribution is 2.27. The average molecular weight is 344 g/mol. The number of benzene rings is 2. The zero-order chi connectivity index (χ0) is 18.3. The van der Waals surface area contributed by atoms with Gasteiger partial charge in [0, 0.05) is 5.39 Å². The number of hydrogen-bond donors (Lipinski definition) is 0. The van der Waals surface area contributed by atoms with Crippen LogP contribution in [0.25, 0.3) is 22.1 Å². The molecule has 0 amide bonds. The molecule has 0 fully saturated rings. The molecule has 4 rings (SSSR count). The number of aromatic nitrogens is 2. The van der Waals surface area contributed by atoms with Gasteiger partial charge in [0.1, 0.15) is 24.8 Å². The summed E-state index contributed by atoms with van der Waals surface area (Å²) in [6.45, 7) is 4.80. The molecular weight excluding hydrogens is 323 g/mol. The second-order valence-corrected chi connectivity index (χ2v) is 7.16. The smallest absolute Gasteiger partial charge is 0.297 e. The predicted molar refractivity (Wildman–Crippen MR) is 107 cm³/mol. The van der Waals surface area contributed by atoms with Gasteiger partial charge in [0.05, 0.1) is 6.54 Å². The van der Waals surface area contributed by atoms with Crippen LogP contribution in [0.2, 0.25) is 0 Å². The topological polar surface area (TPSA) is 48.0 Å². The lowest BCUT2D eigenvalue weighted by Gasteiger charge is -2.20. The summed E-state index contributed by atoms with van der Waals surface area (Å²) >= 11 is 0. The van der Waals surface area contributed by atoms with Crippen LogP contribution in [-0.4, -0.2) is 17.4 Å². The standard InChI is InChI=1S/C21H21BN2O2/c1-13(2)17(22)20-23-18-15-10-6-7-11-16(15)26-19(18)21(25)24(20)12-14-8-4-3-5-9-14/h3-11,13,17H,12,22H2,1-2H3. The van der Waals surface area contributed by atoms with E-state index in [1.807, 2.05) is 54.6 Å². The number of rotatable bonds is 4. The zero-order valence-electron chi connectivity index (χ0n) is 15.3. The van der Waals surface area contributed by atoms with Crippen LogP contribution in [0.15, 0.2) is 63.8 Å². The van der Waals surface area contributed by atoms with Crippen LogP contribution in [-0.2, 0) is 6.54 Å². The summed E-state index contributed by atoms with van der Waals surface area (Å²) in [6.07, 6.45) is 0. The van der Waals surface area contributed by atoms with Crippen LogP contribution < -0.4 is 5.56 Å². The van der Waals surface area contributed by atoms with Crippen molar-refractivity contribution in [3.8, 4) is 0 Å². The monoisotopic (exact) mass is 344 g/mol. The van der Waals surface area contributed by atoms with Gasteiger partial charge in [0.2, 0.25) is 5.58 Å². The minimum absolute atomic E-state index is 0.113. The summed E-state index contributed by atoms with van der Waals surface area (Å²) in [5.74, 6) is 1.34. The van der Waals surface area contributed by atoms with Crippen molar-refractivity contribution >= 4 is 29.9 Å². The summed E-state index contributed by atoms with van der Waals surface area (Å²) in [7, 11) is 2.13. The molecule has 130 valence electrons. The fraction of sp³-hybridized carbons (Fsp3) is 0.238. The van der Waals surface area contributed by atoms with Crippen molar-refractivity contribution in [1.82, 2.24) is 9.55 Å². The first-order chi connectivity index (χ1) is 12.6. The number of fused-ring (bicyclic) bond motifs is 3. The van der Waals surface area contributed by atoms with E-state index in [9.17, 15) is 4.79 Å². The van der Waals surface area contributed by atoms with Gasteiger partial charge < -0.3 is 4.42 Å². The SMILES string of the molecule is BC(c1nc2c(oc3ccccc32)c(=O)n1Cc1ccccc1)C(C)C. The summed E-state index contributed by atoms with van der Waals surface area (Å²) in [5.41, 5.74) is 2.66. The van der Waals surface area contributed by atoms with E-state index >= 15 is 0 Å². The Morgan fingerprint density at radius 3 is 2.50 bits per heavy atom. The van der Waals surface area contributed by atoms with Crippen molar-refractivity contribution in [1.29, 1.82) is 0 Å². The second kappa shape index (κ2) is 6.48. The molecule has 0 aliphatic heterocycles. The molecule has 4 nitrogen and oxygen atoms in total. The Morgan fingerprint density at radius 1 is 1.08 bits per heavy atom. The Labute approximate surface area is 152 Å². The number of hydrogen-bond acceptors (Lipinski definition) is 3. The Balaban J connectivity index is 2.01.